The molecule has 0 aliphatic heterocycles. The lowest BCUT2D eigenvalue weighted by atomic mass is 10.3. The summed E-state index contributed by atoms with van der Waals surface area (Å²) in [7, 11) is 1.81. The van der Waals surface area contributed by atoms with E-state index in [-0.39, 0.29) is 11.8 Å². The number of pyridine rings is 1. The predicted octanol–water partition coefficient (Wildman–Crippen LogP) is 2.27. The van der Waals surface area contributed by atoms with E-state index in [9.17, 15) is 4.79 Å². The van der Waals surface area contributed by atoms with Crippen molar-refractivity contribution in [2.45, 2.75) is 32.7 Å². The Morgan fingerprint density at radius 1 is 1.47 bits per heavy atom. The molecule has 1 fully saturated rings. The van der Waals surface area contributed by atoms with Crippen LogP contribution in [0.5, 0.6) is 0 Å². The van der Waals surface area contributed by atoms with E-state index in [2.05, 4.69) is 24.1 Å². The Labute approximate surface area is 102 Å². The number of amides is 1. The van der Waals surface area contributed by atoms with Gasteiger partial charge in [-0.1, -0.05) is 0 Å². The Morgan fingerprint density at radius 2 is 2.18 bits per heavy atom. The van der Waals surface area contributed by atoms with Gasteiger partial charge in [0.05, 0.1) is 11.9 Å². The monoisotopic (exact) mass is 233 g/mol. The fourth-order valence-corrected chi connectivity index (χ4v) is 1.70. The summed E-state index contributed by atoms with van der Waals surface area (Å²) in [5.74, 6) is 1.29. The summed E-state index contributed by atoms with van der Waals surface area (Å²) in [5.41, 5.74) is 0.858. The number of rotatable bonds is 4. The molecule has 1 N–H and O–H groups in total. The Morgan fingerprint density at radius 3 is 2.65 bits per heavy atom. The second-order valence-electron chi connectivity index (χ2n) is 4.87. The van der Waals surface area contributed by atoms with Gasteiger partial charge in [-0.15, -0.1) is 0 Å². The van der Waals surface area contributed by atoms with Crippen molar-refractivity contribution < 1.29 is 4.79 Å². The highest BCUT2D eigenvalue weighted by Gasteiger charge is 2.32. The van der Waals surface area contributed by atoms with Crippen LogP contribution < -0.4 is 10.2 Å². The van der Waals surface area contributed by atoms with E-state index in [4.69, 9.17) is 0 Å². The molecule has 4 heteroatoms. The molecule has 1 saturated carbocycles. The van der Waals surface area contributed by atoms with Crippen molar-refractivity contribution in [2.24, 2.45) is 5.92 Å². The third kappa shape index (κ3) is 2.96. The Bertz CT molecular complexity index is 396. The molecular weight excluding hydrogens is 214 g/mol. The van der Waals surface area contributed by atoms with Crippen molar-refractivity contribution in [1.82, 2.24) is 4.98 Å². The second kappa shape index (κ2) is 4.73. The summed E-state index contributed by atoms with van der Waals surface area (Å²) in [5, 5.41) is 3.22. The van der Waals surface area contributed by atoms with Gasteiger partial charge in [-0.3, -0.25) is 4.79 Å². The van der Waals surface area contributed by atoms with Gasteiger partial charge in [0.15, 0.2) is 0 Å². The average molecular weight is 233 g/mol. The zero-order chi connectivity index (χ0) is 12.4. The van der Waals surface area contributed by atoms with E-state index in [1.54, 1.807) is 11.1 Å². The van der Waals surface area contributed by atoms with E-state index < -0.39 is 0 Å². The Hall–Kier alpha value is -1.58. The second-order valence-corrected chi connectivity index (χ2v) is 4.87. The average Bonchev–Trinajstić information content (AvgIpc) is 3.11. The molecule has 0 unspecified atom stereocenters. The number of anilines is 2. The summed E-state index contributed by atoms with van der Waals surface area (Å²) in [6.45, 7) is 4.14. The van der Waals surface area contributed by atoms with Crippen LogP contribution in [0.25, 0.3) is 0 Å². The van der Waals surface area contributed by atoms with Crippen LogP contribution in [0.4, 0.5) is 11.5 Å². The summed E-state index contributed by atoms with van der Waals surface area (Å²) in [6.07, 6.45) is 3.80. The summed E-state index contributed by atoms with van der Waals surface area (Å²) in [6, 6.07) is 4.20. The first-order chi connectivity index (χ1) is 8.08. The van der Waals surface area contributed by atoms with Crippen molar-refractivity contribution in [3.05, 3.63) is 18.3 Å². The number of carbonyl (C=O) groups excluding carboxylic acids is 1. The van der Waals surface area contributed by atoms with Crippen LogP contribution in [0, 0.1) is 5.92 Å². The highest BCUT2D eigenvalue weighted by Crippen LogP contribution is 2.32. The maximum Gasteiger partial charge on any atom is 0.229 e. The molecule has 0 radical (unpaired) electrons. The first kappa shape index (κ1) is 11.9. The summed E-state index contributed by atoms with van der Waals surface area (Å²) in [4.78, 5) is 17.8. The topological polar surface area (TPSA) is 45.2 Å². The molecule has 0 atom stereocenters. The van der Waals surface area contributed by atoms with Crippen LogP contribution in [-0.2, 0) is 4.79 Å². The Balaban J connectivity index is 2.03. The van der Waals surface area contributed by atoms with E-state index in [1.807, 2.05) is 19.2 Å². The third-order valence-corrected chi connectivity index (χ3v) is 2.83. The number of hydrogen-bond acceptors (Lipinski definition) is 3. The van der Waals surface area contributed by atoms with Gasteiger partial charge in [0.1, 0.15) is 5.82 Å². The SMILES string of the molecule is CC(C)Nc1ccc(N(C)C(=O)C2CC2)cn1. The molecule has 4 nitrogen and oxygen atoms in total. The van der Waals surface area contributed by atoms with Crippen molar-refractivity contribution in [1.29, 1.82) is 0 Å². The third-order valence-electron chi connectivity index (χ3n) is 2.83. The van der Waals surface area contributed by atoms with Crippen LogP contribution in [0.3, 0.4) is 0 Å². The molecule has 2 rings (SSSR count). The Kier molecular flexibility index (Phi) is 3.31. The van der Waals surface area contributed by atoms with Crippen molar-refractivity contribution in [2.75, 3.05) is 17.3 Å². The van der Waals surface area contributed by atoms with Crippen LogP contribution in [-0.4, -0.2) is 24.0 Å². The zero-order valence-corrected chi connectivity index (χ0v) is 10.6. The van der Waals surface area contributed by atoms with Crippen molar-refractivity contribution >= 4 is 17.4 Å². The van der Waals surface area contributed by atoms with Gasteiger partial charge in [0, 0.05) is 19.0 Å². The highest BCUT2D eigenvalue weighted by molar-refractivity contribution is 5.95. The maximum absolute atomic E-state index is 11.9. The van der Waals surface area contributed by atoms with Gasteiger partial charge >= 0.3 is 0 Å². The first-order valence-corrected chi connectivity index (χ1v) is 6.08. The molecule has 92 valence electrons. The van der Waals surface area contributed by atoms with Gasteiger partial charge in [-0.2, -0.15) is 0 Å². The number of nitrogens with one attached hydrogen (secondary N) is 1. The van der Waals surface area contributed by atoms with E-state index in [1.165, 1.54) is 0 Å². The van der Waals surface area contributed by atoms with Gasteiger partial charge in [-0.25, -0.2) is 4.98 Å². The maximum atomic E-state index is 11.9. The van der Waals surface area contributed by atoms with Gasteiger partial charge in [-0.05, 0) is 38.8 Å². The lowest BCUT2D eigenvalue weighted by molar-refractivity contribution is -0.119. The molecule has 0 saturated heterocycles. The molecule has 0 aromatic carbocycles. The normalized spacial score (nSPS) is 14.8. The number of hydrogen-bond donors (Lipinski definition) is 1. The first-order valence-electron chi connectivity index (χ1n) is 6.08. The molecule has 1 aliphatic rings. The molecule has 0 bridgehead atoms. The molecule has 17 heavy (non-hydrogen) atoms. The molecule has 1 amide bonds. The summed E-state index contributed by atoms with van der Waals surface area (Å²) >= 11 is 0. The van der Waals surface area contributed by atoms with Crippen LogP contribution >= 0.6 is 0 Å². The predicted molar refractivity (Wildman–Crippen MR) is 69.1 cm³/mol. The molecule has 1 heterocycles. The summed E-state index contributed by atoms with van der Waals surface area (Å²) < 4.78 is 0. The van der Waals surface area contributed by atoms with Gasteiger partial charge in [0.2, 0.25) is 5.91 Å². The van der Waals surface area contributed by atoms with Crippen LogP contribution in [0.2, 0.25) is 0 Å². The van der Waals surface area contributed by atoms with Crippen molar-refractivity contribution in [3.63, 3.8) is 0 Å². The quantitative estimate of drug-likeness (QED) is 0.867. The highest BCUT2D eigenvalue weighted by atomic mass is 16.2. The molecule has 1 aliphatic carbocycles. The largest absolute Gasteiger partial charge is 0.368 e. The zero-order valence-electron chi connectivity index (χ0n) is 10.6. The fourth-order valence-electron chi connectivity index (χ4n) is 1.70. The minimum atomic E-state index is 0.205. The standard InChI is InChI=1S/C13H19N3O/c1-9(2)15-12-7-6-11(8-14-12)16(3)13(17)10-4-5-10/h6-10H,4-5H2,1-3H3,(H,14,15). The number of nitrogens with zero attached hydrogens (tertiary/aromatic N) is 2. The minimum Gasteiger partial charge on any atom is -0.368 e. The number of carbonyl (C=O) groups is 1. The van der Waals surface area contributed by atoms with Crippen LogP contribution in [0.1, 0.15) is 26.7 Å². The lowest BCUT2D eigenvalue weighted by Gasteiger charge is -2.17. The van der Waals surface area contributed by atoms with E-state index in [0.29, 0.717) is 6.04 Å². The molecular formula is C13H19N3O. The molecule has 1 aromatic rings. The van der Waals surface area contributed by atoms with Gasteiger partial charge < -0.3 is 10.2 Å². The molecule has 0 spiro atoms. The lowest BCUT2D eigenvalue weighted by Crippen LogP contribution is -2.27. The van der Waals surface area contributed by atoms with Crippen molar-refractivity contribution in [3.8, 4) is 0 Å². The fraction of sp³-hybridized carbons (Fsp3) is 0.538. The number of aromatic nitrogens is 1. The smallest absolute Gasteiger partial charge is 0.229 e. The van der Waals surface area contributed by atoms with E-state index in [0.717, 1.165) is 24.3 Å². The minimum absolute atomic E-state index is 0.205. The van der Waals surface area contributed by atoms with Gasteiger partial charge in [0.25, 0.3) is 0 Å². The molecule has 1 aromatic heterocycles. The van der Waals surface area contributed by atoms with Crippen LogP contribution in [0.15, 0.2) is 18.3 Å². The van der Waals surface area contributed by atoms with E-state index >= 15 is 0 Å².